The van der Waals surface area contributed by atoms with Gasteiger partial charge in [-0.3, -0.25) is 9.59 Å². The first-order valence-corrected chi connectivity index (χ1v) is 11.8. The van der Waals surface area contributed by atoms with Crippen molar-refractivity contribution in [3.05, 3.63) is 58.7 Å². The molecule has 31 heavy (non-hydrogen) atoms. The van der Waals surface area contributed by atoms with E-state index >= 15 is 0 Å². The highest BCUT2D eigenvalue weighted by Crippen LogP contribution is 2.62. The van der Waals surface area contributed by atoms with Crippen LogP contribution in [0.1, 0.15) is 76.7 Å². The van der Waals surface area contributed by atoms with Crippen molar-refractivity contribution in [3.63, 3.8) is 0 Å². The summed E-state index contributed by atoms with van der Waals surface area (Å²) in [6.45, 7) is 2.29. The monoisotopic (exact) mass is 416 g/mol. The second-order valence-corrected chi connectivity index (χ2v) is 9.24. The third-order valence-corrected chi connectivity index (χ3v) is 7.02. The molecule has 3 nitrogen and oxygen atoms in total. The second-order valence-electron chi connectivity index (χ2n) is 9.24. The lowest BCUT2D eigenvalue weighted by Gasteiger charge is -2.46. The van der Waals surface area contributed by atoms with Gasteiger partial charge in [-0.15, -0.1) is 0 Å². The highest BCUT2D eigenvalue weighted by Gasteiger charge is 2.50. The SMILES string of the molecule is CCOC(=O)CC1=C(C2=CCCCC2)C2(CCC(CC(=O)C#Cc3ccccc3)C2)C1. The van der Waals surface area contributed by atoms with Gasteiger partial charge in [0.1, 0.15) is 0 Å². The number of carbonyl (C=O) groups excluding carboxylic acids is 2. The lowest BCUT2D eigenvalue weighted by molar-refractivity contribution is -0.142. The number of Topliss-reactive ketones (excluding diaryl/α,β-unsaturated/α-hetero) is 1. The zero-order valence-electron chi connectivity index (χ0n) is 18.5. The standard InChI is InChI=1S/C28H32O3/c1-2-31-26(30)18-24-20-28(27(24)23-11-7-4-8-12-23)16-15-22(19-28)17-25(29)14-13-21-9-5-3-6-10-21/h3,5-6,9-11,22H,2,4,7-8,12,15-20H2,1H3. The number of ether oxygens (including phenoxy) is 1. The topological polar surface area (TPSA) is 43.4 Å². The van der Waals surface area contributed by atoms with Crippen LogP contribution >= 0.6 is 0 Å². The molecule has 0 bridgehead atoms. The summed E-state index contributed by atoms with van der Waals surface area (Å²) in [4.78, 5) is 24.6. The number of allylic oxidation sites excluding steroid dienone is 3. The highest BCUT2D eigenvalue weighted by atomic mass is 16.5. The molecule has 0 saturated heterocycles. The number of ketones is 1. The fourth-order valence-electron chi connectivity index (χ4n) is 5.80. The van der Waals surface area contributed by atoms with E-state index < -0.39 is 0 Å². The minimum absolute atomic E-state index is 0.0411. The van der Waals surface area contributed by atoms with Gasteiger partial charge in [0.15, 0.2) is 0 Å². The summed E-state index contributed by atoms with van der Waals surface area (Å²) < 4.78 is 5.22. The number of esters is 1. The molecule has 3 aliphatic rings. The molecule has 162 valence electrons. The maximum atomic E-state index is 12.5. The number of rotatable bonds is 6. The van der Waals surface area contributed by atoms with E-state index in [4.69, 9.17) is 4.74 Å². The van der Waals surface area contributed by atoms with Crippen LogP contribution in [0.25, 0.3) is 0 Å². The molecule has 2 unspecified atom stereocenters. The van der Waals surface area contributed by atoms with Gasteiger partial charge in [0.25, 0.3) is 0 Å². The zero-order chi connectivity index (χ0) is 21.7. The van der Waals surface area contributed by atoms with Crippen molar-refractivity contribution in [1.29, 1.82) is 0 Å². The van der Waals surface area contributed by atoms with E-state index in [1.54, 1.807) is 0 Å². The molecule has 2 atom stereocenters. The van der Waals surface area contributed by atoms with Crippen molar-refractivity contribution in [1.82, 2.24) is 0 Å². The fraction of sp³-hybridized carbons (Fsp3) is 0.500. The molecule has 0 amide bonds. The van der Waals surface area contributed by atoms with Gasteiger partial charge < -0.3 is 4.74 Å². The lowest BCUT2D eigenvalue weighted by atomic mass is 9.58. The Bertz CT molecular complexity index is 957. The molecule has 1 spiro atoms. The Hall–Kier alpha value is -2.60. The van der Waals surface area contributed by atoms with Gasteiger partial charge in [-0.25, -0.2) is 0 Å². The van der Waals surface area contributed by atoms with Crippen LogP contribution in [0.3, 0.4) is 0 Å². The Morgan fingerprint density at radius 2 is 2.03 bits per heavy atom. The molecule has 1 aromatic carbocycles. The van der Waals surface area contributed by atoms with Crippen LogP contribution in [0.15, 0.2) is 53.1 Å². The Morgan fingerprint density at radius 1 is 1.19 bits per heavy atom. The maximum absolute atomic E-state index is 12.5. The van der Waals surface area contributed by atoms with Crippen LogP contribution in [0.2, 0.25) is 0 Å². The molecule has 0 aromatic heterocycles. The molecule has 0 aliphatic heterocycles. The number of hydrogen-bond donors (Lipinski definition) is 0. The summed E-state index contributed by atoms with van der Waals surface area (Å²) in [6.07, 6.45) is 12.3. The van der Waals surface area contributed by atoms with E-state index in [-0.39, 0.29) is 17.2 Å². The first kappa shape index (κ1) is 21.6. The molecule has 1 aromatic rings. The van der Waals surface area contributed by atoms with Crippen molar-refractivity contribution in [2.24, 2.45) is 11.3 Å². The third kappa shape index (κ3) is 5.01. The van der Waals surface area contributed by atoms with Gasteiger partial charge >= 0.3 is 5.97 Å². The van der Waals surface area contributed by atoms with Gasteiger partial charge in [-0.1, -0.05) is 35.8 Å². The number of carbonyl (C=O) groups is 2. The van der Waals surface area contributed by atoms with Crippen molar-refractivity contribution < 1.29 is 14.3 Å². The molecule has 0 N–H and O–H groups in total. The fourth-order valence-corrected chi connectivity index (χ4v) is 5.80. The van der Waals surface area contributed by atoms with E-state index in [9.17, 15) is 9.59 Å². The van der Waals surface area contributed by atoms with Crippen LogP contribution < -0.4 is 0 Å². The highest BCUT2D eigenvalue weighted by molar-refractivity contribution is 5.96. The van der Waals surface area contributed by atoms with E-state index in [0.29, 0.717) is 25.4 Å². The van der Waals surface area contributed by atoms with Crippen LogP contribution in [0.5, 0.6) is 0 Å². The molecule has 0 heterocycles. The molecule has 3 heteroatoms. The van der Waals surface area contributed by atoms with Gasteiger partial charge in [-0.2, -0.15) is 0 Å². The summed E-state index contributed by atoms with van der Waals surface area (Å²) in [5, 5.41) is 0. The van der Waals surface area contributed by atoms with Gasteiger partial charge in [0.05, 0.1) is 13.0 Å². The van der Waals surface area contributed by atoms with Crippen LogP contribution in [-0.2, 0) is 14.3 Å². The Labute approximate surface area is 185 Å². The molecule has 3 aliphatic carbocycles. The van der Waals surface area contributed by atoms with Gasteiger partial charge in [-0.05, 0) is 98.8 Å². The first-order valence-electron chi connectivity index (χ1n) is 11.8. The van der Waals surface area contributed by atoms with E-state index in [0.717, 1.165) is 44.1 Å². The second kappa shape index (κ2) is 9.69. The third-order valence-electron chi connectivity index (χ3n) is 7.02. The molecular weight excluding hydrogens is 384 g/mol. The van der Waals surface area contributed by atoms with Crippen LogP contribution in [0, 0.1) is 23.2 Å². The van der Waals surface area contributed by atoms with Crippen molar-refractivity contribution in [2.45, 2.75) is 71.1 Å². The smallest absolute Gasteiger partial charge is 0.309 e. The average Bonchev–Trinajstić information content (AvgIpc) is 3.18. The van der Waals surface area contributed by atoms with Crippen molar-refractivity contribution in [2.75, 3.05) is 6.61 Å². The van der Waals surface area contributed by atoms with Crippen molar-refractivity contribution >= 4 is 11.8 Å². The summed E-state index contributed by atoms with van der Waals surface area (Å²) in [7, 11) is 0. The molecule has 1 saturated carbocycles. The summed E-state index contributed by atoms with van der Waals surface area (Å²) in [5.74, 6) is 6.16. The van der Waals surface area contributed by atoms with E-state index in [2.05, 4.69) is 17.9 Å². The van der Waals surface area contributed by atoms with E-state index in [1.165, 1.54) is 29.6 Å². The Balaban J connectivity index is 1.44. The molecule has 1 fully saturated rings. The van der Waals surface area contributed by atoms with Crippen LogP contribution in [-0.4, -0.2) is 18.4 Å². The predicted octanol–water partition coefficient (Wildman–Crippen LogP) is 5.94. The number of hydrogen-bond acceptors (Lipinski definition) is 3. The van der Waals surface area contributed by atoms with Crippen molar-refractivity contribution in [3.8, 4) is 11.8 Å². The zero-order valence-corrected chi connectivity index (χ0v) is 18.5. The van der Waals surface area contributed by atoms with Gasteiger partial charge in [0, 0.05) is 12.0 Å². The Morgan fingerprint density at radius 3 is 2.77 bits per heavy atom. The minimum atomic E-state index is -0.109. The Kier molecular flexibility index (Phi) is 6.76. The summed E-state index contributed by atoms with van der Waals surface area (Å²) >= 11 is 0. The molecule has 0 radical (unpaired) electrons. The quantitative estimate of drug-likeness (QED) is 0.426. The average molecular weight is 417 g/mol. The normalized spacial score (nSPS) is 24.8. The maximum Gasteiger partial charge on any atom is 0.309 e. The summed E-state index contributed by atoms with van der Waals surface area (Å²) in [5.41, 5.74) is 5.25. The predicted molar refractivity (Wildman–Crippen MR) is 122 cm³/mol. The molecule has 4 rings (SSSR count). The van der Waals surface area contributed by atoms with Gasteiger partial charge in [0.2, 0.25) is 5.78 Å². The summed E-state index contributed by atoms with van der Waals surface area (Å²) in [6, 6.07) is 9.69. The number of benzene rings is 1. The van der Waals surface area contributed by atoms with Crippen LogP contribution in [0.4, 0.5) is 0 Å². The first-order chi connectivity index (χ1) is 15.1. The minimum Gasteiger partial charge on any atom is -0.466 e. The molecular formula is C28H32O3. The van der Waals surface area contributed by atoms with E-state index in [1.807, 2.05) is 37.3 Å². The lowest BCUT2D eigenvalue weighted by Crippen LogP contribution is -2.34. The largest absolute Gasteiger partial charge is 0.466 e.